The monoisotopic (exact) mass is 363 g/mol. The van der Waals surface area contributed by atoms with Gasteiger partial charge in [0.1, 0.15) is 0 Å². The molecular formula is C14H14BrN5O2. The van der Waals surface area contributed by atoms with E-state index >= 15 is 0 Å². The van der Waals surface area contributed by atoms with Crippen molar-refractivity contribution in [2.24, 2.45) is 0 Å². The van der Waals surface area contributed by atoms with Crippen molar-refractivity contribution in [3.63, 3.8) is 0 Å². The fraction of sp³-hybridized carbons (Fsp3) is 0.143. The van der Waals surface area contributed by atoms with Gasteiger partial charge in [0, 0.05) is 10.5 Å². The van der Waals surface area contributed by atoms with Crippen molar-refractivity contribution in [3.8, 4) is 0 Å². The summed E-state index contributed by atoms with van der Waals surface area (Å²) < 4.78 is 5.92. The van der Waals surface area contributed by atoms with Crippen LogP contribution in [0.2, 0.25) is 0 Å². The second-order valence-electron chi connectivity index (χ2n) is 4.43. The van der Waals surface area contributed by atoms with Crippen molar-refractivity contribution in [2.75, 3.05) is 11.5 Å². The first-order chi connectivity index (χ1) is 10.4. The molecule has 2 aromatic rings. The molecule has 0 saturated carbocycles. The second-order valence-corrected chi connectivity index (χ2v) is 5.29. The zero-order chi connectivity index (χ0) is 16.1. The Bertz CT molecular complexity index is 713. The van der Waals surface area contributed by atoms with Gasteiger partial charge in [-0.25, -0.2) is 4.79 Å². The number of aromatic nitrogens is 3. The van der Waals surface area contributed by atoms with E-state index in [1.54, 1.807) is 6.08 Å². The Kier molecular flexibility index (Phi) is 5.05. The van der Waals surface area contributed by atoms with Crippen molar-refractivity contribution >= 4 is 39.9 Å². The van der Waals surface area contributed by atoms with Crippen LogP contribution in [0.1, 0.15) is 17.0 Å². The summed E-state index contributed by atoms with van der Waals surface area (Å²) in [5, 5.41) is 0. The van der Waals surface area contributed by atoms with Gasteiger partial charge in [0.05, 0.1) is 0 Å². The first-order valence-electron chi connectivity index (χ1n) is 6.31. The number of hydrogen-bond donors (Lipinski definition) is 2. The van der Waals surface area contributed by atoms with E-state index in [1.165, 1.54) is 6.08 Å². The Hall–Kier alpha value is -2.48. The van der Waals surface area contributed by atoms with Crippen molar-refractivity contribution in [1.82, 2.24) is 15.0 Å². The molecule has 4 N–H and O–H groups in total. The highest BCUT2D eigenvalue weighted by atomic mass is 79.9. The average Bonchev–Trinajstić information content (AvgIpc) is 2.43. The number of nitrogens with zero attached hydrogens (tertiary/aromatic N) is 3. The molecule has 0 amide bonds. The van der Waals surface area contributed by atoms with Crippen molar-refractivity contribution in [2.45, 2.75) is 13.5 Å². The SMILES string of the molecule is Cc1ccc(/C=C/C(=O)OCc2nc(N)nc(N)n2)c(Br)c1. The number of rotatable bonds is 4. The zero-order valence-corrected chi connectivity index (χ0v) is 13.4. The predicted molar refractivity (Wildman–Crippen MR) is 86.4 cm³/mol. The number of esters is 1. The number of halogens is 1. The Morgan fingerprint density at radius 3 is 2.59 bits per heavy atom. The van der Waals surface area contributed by atoms with E-state index in [1.807, 2.05) is 25.1 Å². The molecule has 1 aromatic carbocycles. The lowest BCUT2D eigenvalue weighted by molar-refractivity contribution is -0.139. The van der Waals surface area contributed by atoms with Crippen LogP contribution in [0, 0.1) is 6.92 Å². The van der Waals surface area contributed by atoms with Gasteiger partial charge in [-0.3, -0.25) is 0 Å². The van der Waals surface area contributed by atoms with E-state index in [0.29, 0.717) is 0 Å². The fourth-order valence-electron chi connectivity index (χ4n) is 1.63. The zero-order valence-electron chi connectivity index (χ0n) is 11.8. The molecule has 0 unspecified atom stereocenters. The normalized spacial score (nSPS) is 10.8. The maximum atomic E-state index is 11.7. The average molecular weight is 364 g/mol. The highest BCUT2D eigenvalue weighted by molar-refractivity contribution is 9.10. The summed E-state index contributed by atoms with van der Waals surface area (Å²) in [5.74, 6) is -0.358. The van der Waals surface area contributed by atoms with Gasteiger partial charge in [-0.2, -0.15) is 15.0 Å². The van der Waals surface area contributed by atoms with Gasteiger partial charge in [0.25, 0.3) is 0 Å². The molecule has 0 fully saturated rings. The van der Waals surface area contributed by atoms with Gasteiger partial charge in [-0.1, -0.05) is 28.1 Å². The van der Waals surface area contributed by atoms with Crippen LogP contribution in [0.15, 0.2) is 28.7 Å². The van der Waals surface area contributed by atoms with Gasteiger partial charge in [-0.15, -0.1) is 0 Å². The topological polar surface area (TPSA) is 117 Å². The lowest BCUT2D eigenvalue weighted by atomic mass is 10.1. The van der Waals surface area contributed by atoms with Crippen molar-refractivity contribution in [1.29, 1.82) is 0 Å². The van der Waals surface area contributed by atoms with Gasteiger partial charge < -0.3 is 16.2 Å². The first-order valence-corrected chi connectivity index (χ1v) is 7.10. The first kappa shape index (κ1) is 15.9. The molecule has 0 saturated heterocycles. The molecule has 7 nitrogen and oxygen atoms in total. The summed E-state index contributed by atoms with van der Waals surface area (Å²) in [5.41, 5.74) is 12.8. The van der Waals surface area contributed by atoms with E-state index < -0.39 is 5.97 Å². The van der Waals surface area contributed by atoms with E-state index in [4.69, 9.17) is 16.2 Å². The number of nitrogen functional groups attached to an aromatic ring is 2. The fourth-order valence-corrected chi connectivity index (χ4v) is 2.26. The van der Waals surface area contributed by atoms with Crippen LogP contribution in [0.25, 0.3) is 6.08 Å². The quantitative estimate of drug-likeness (QED) is 0.628. The van der Waals surface area contributed by atoms with E-state index in [2.05, 4.69) is 30.9 Å². The number of ether oxygens (including phenoxy) is 1. The Balaban J connectivity index is 1.96. The lowest BCUT2D eigenvalue weighted by Gasteiger charge is -2.03. The molecule has 1 heterocycles. The third-order valence-electron chi connectivity index (χ3n) is 2.61. The third-order valence-corrected chi connectivity index (χ3v) is 3.30. The summed E-state index contributed by atoms with van der Waals surface area (Å²) in [4.78, 5) is 22.9. The maximum absolute atomic E-state index is 11.7. The van der Waals surface area contributed by atoms with Crippen molar-refractivity contribution in [3.05, 3.63) is 45.7 Å². The molecule has 0 aliphatic rings. The lowest BCUT2D eigenvalue weighted by Crippen LogP contribution is -2.09. The largest absolute Gasteiger partial charge is 0.454 e. The highest BCUT2D eigenvalue weighted by Gasteiger charge is 2.05. The van der Waals surface area contributed by atoms with Crippen LogP contribution in [0.5, 0.6) is 0 Å². The van der Waals surface area contributed by atoms with Crippen LogP contribution >= 0.6 is 15.9 Å². The summed E-state index contributed by atoms with van der Waals surface area (Å²) in [7, 11) is 0. The van der Waals surface area contributed by atoms with E-state index in [0.717, 1.165) is 15.6 Å². The minimum atomic E-state index is -0.523. The molecule has 0 radical (unpaired) electrons. The molecule has 0 spiro atoms. The van der Waals surface area contributed by atoms with E-state index in [-0.39, 0.29) is 24.3 Å². The van der Waals surface area contributed by atoms with Crippen LogP contribution in [0.4, 0.5) is 11.9 Å². The molecular weight excluding hydrogens is 350 g/mol. The van der Waals surface area contributed by atoms with Crippen LogP contribution in [0.3, 0.4) is 0 Å². The Morgan fingerprint density at radius 1 is 1.27 bits per heavy atom. The highest BCUT2D eigenvalue weighted by Crippen LogP contribution is 2.19. The van der Waals surface area contributed by atoms with Crippen molar-refractivity contribution < 1.29 is 9.53 Å². The molecule has 0 aliphatic heterocycles. The maximum Gasteiger partial charge on any atom is 0.331 e. The number of aryl methyl sites for hydroxylation is 1. The Morgan fingerprint density at radius 2 is 1.95 bits per heavy atom. The summed E-state index contributed by atoms with van der Waals surface area (Å²) in [6.45, 7) is 1.85. The van der Waals surface area contributed by atoms with Gasteiger partial charge in [-0.05, 0) is 30.2 Å². The van der Waals surface area contributed by atoms with Gasteiger partial charge >= 0.3 is 5.97 Å². The number of anilines is 2. The van der Waals surface area contributed by atoms with E-state index in [9.17, 15) is 4.79 Å². The van der Waals surface area contributed by atoms with Gasteiger partial charge in [0.2, 0.25) is 11.9 Å². The number of carbonyl (C=O) groups excluding carboxylic acids is 1. The number of hydrogen-bond acceptors (Lipinski definition) is 7. The molecule has 114 valence electrons. The summed E-state index contributed by atoms with van der Waals surface area (Å²) >= 11 is 3.43. The van der Waals surface area contributed by atoms with Crippen LogP contribution < -0.4 is 11.5 Å². The minimum absolute atomic E-state index is 0.0160. The summed E-state index contributed by atoms with van der Waals surface area (Å²) in [6.07, 6.45) is 2.98. The minimum Gasteiger partial charge on any atom is -0.454 e. The number of benzene rings is 1. The Labute approximate surface area is 135 Å². The number of nitrogens with two attached hydrogens (primary N) is 2. The molecule has 0 aliphatic carbocycles. The molecule has 2 rings (SSSR count). The van der Waals surface area contributed by atoms with Gasteiger partial charge in [0.15, 0.2) is 12.4 Å². The second kappa shape index (κ2) is 6.99. The summed E-state index contributed by atoms with van der Waals surface area (Å²) in [6, 6.07) is 5.81. The molecule has 0 atom stereocenters. The van der Waals surface area contributed by atoms with Crippen LogP contribution in [-0.4, -0.2) is 20.9 Å². The predicted octanol–water partition coefficient (Wildman–Crippen LogP) is 1.86. The van der Waals surface area contributed by atoms with Crippen LogP contribution in [-0.2, 0) is 16.1 Å². The third kappa shape index (κ3) is 4.52. The standard InChI is InChI=1S/C14H14BrN5O2/c1-8-2-3-9(10(15)6-8)4-5-12(21)22-7-11-18-13(16)20-14(17)19-11/h2-6H,7H2,1H3,(H4,16,17,18,19,20)/b5-4+. The number of carbonyl (C=O) groups is 1. The molecule has 8 heteroatoms. The smallest absolute Gasteiger partial charge is 0.331 e. The molecule has 0 bridgehead atoms. The molecule has 22 heavy (non-hydrogen) atoms. The molecule has 1 aromatic heterocycles.